The summed E-state index contributed by atoms with van der Waals surface area (Å²) in [5.74, 6) is 1.18. The van der Waals surface area contributed by atoms with Crippen molar-refractivity contribution in [3.05, 3.63) is 29.6 Å². The molecule has 6 nitrogen and oxygen atoms in total. The summed E-state index contributed by atoms with van der Waals surface area (Å²) in [6.45, 7) is 0.640. The quantitative estimate of drug-likeness (QED) is 0.842. The van der Waals surface area contributed by atoms with E-state index in [0.717, 1.165) is 0 Å². The summed E-state index contributed by atoms with van der Waals surface area (Å²) in [5.41, 5.74) is 0. The molecule has 2 rings (SSSR count). The summed E-state index contributed by atoms with van der Waals surface area (Å²) in [6, 6.07) is 0. The van der Waals surface area contributed by atoms with Crippen LogP contribution in [0.15, 0.2) is 23.3 Å². The molecule has 7 heteroatoms. The Kier molecular flexibility index (Phi) is 3.08. The third kappa shape index (κ3) is 2.88. The van der Waals surface area contributed by atoms with Crippen molar-refractivity contribution in [3.8, 4) is 0 Å². The van der Waals surface area contributed by atoms with E-state index in [1.54, 1.807) is 0 Å². The van der Waals surface area contributed by atoms with E-state index in [0.29, 0.717) is 29.8 Å². The van der Waals surface area contributed by atoms with Crippen molar-refractivity contribution in [2.24, 2.45) is 0 Å². The van der Waals surface area contributed by atoms with Gasteiger partial charge in [-0.25, -0.2) is 9.97 Å². The minimum atomic E-state index is 0.513. The molecule has 0 fully saturated rings. The highest BCUT2D eigenvalue weighted by Gasteiger charge is 1.99. The average molecular weight is 226 g/mol. The molecule has 0 saturated carbocycles. The number of hydrogen-bond acceptors (Lipinski definition) is 6. The molecule has 0 aliphatic rings. The second kappa shape index (κ2) is 4.70. The maximum Gasteiger partial charge on any atom is 0.222 e. The first-order valence-electron chi connectivity index (χ1n) is 4.31. The molecule has 0 amide bonds. The lowest BCUT2D eigenvalue weighted by Crippen LogP contribution is -2.08. The predicted octanol–water partition coefficient (Wildman–Crippen LogP) is 1.17. The van der Waals surface area contributed by atoms with Gasteiger partial charge in [-0.05, 0) is 0 Å². The minimum Gasteiger partial charge on any atom is -0.354 e. The van der Waals surface area contributed by atoms with Crippen LogP contribution in [0.3, 0.4) is 0 Å². The van der Waals surface area contributed by atoms with Crippen LogP contribution in [0.5, 0.6) is 0 Å². The van der Waals surface area contributed by atoms with E-state index >= 15 is 0 Å². The molecule has 0 radical (unpaired) electrons. The first-order valence-corrected chi connectivity index (χ1v) is 4.69. The second-order valence-electron chi connectivity index (χ2n) is 2.75. The molecule has 0 aliphatic carbocycles. The summed E-state index contributed by atoms with van der Waals surface area (Å²) in [4.78, 5) is 11.8. The normalized spacial score (nSPS) is 10.2. The van der Waals surface area contributed by atoms with Gasteiger partial charge in [-0.1, -0.05) is 16.8 Å². The molecule has 0 aromatic carbocycles. The minimum absolute atomic E-state index is 0.513. The Hall–Kier alpha value is -1.69. The van der Waals surface area contributed by atoms with Crippen LogP contribution in [-0.4, -0.2) is 26.7 Å². The molecule has 1 N–H and O–H groups in total. The zero-order chi connectivity index (χ0) is 10.5. The summed E-state index contributed by atoms with van der Waals surface area (Å²) < 4.78 is 4.60. The lowest BCUT2D eigenvalue weighted by Gasteiger charge is -2.01. The Morgan fingerprint density at radius 1 is 1.27 bits per heavy atom. The maximum absolute atomic E-state index is 5.64. The van der Waals surface area contributed by atoms with Crippen molar-refractivity contribution in [3.63, 3.8) is 0 Å². The summed E-state index contributed by atoms with van der Waals surface area (Å²) in [7, 11) is 0. The summed E-state index contributed by atoms with van der Waals surface area (Å²) in [5, 5.41) is 7.19. The summed E-state index contributed by atoms with van der Waals surface area (Å²) >= 11 is 5.64. The van der Waals surface area contributed by atoms with Crippen LogP contribution in [0, 0.1) is 0 Å². The fourth-order valence-corrected chi connectivity index (χ4v) is 1.09. The van der Waals surface area contributed by atoms with E-state index in [-0.39, 0.29) is 0 Å². The Morgan fingerprint density at radius 2 is 2.07 bits per heavy atom. The van der Waals surface area contributed by atoms with Gasteiger partial charge in [-0.2, -0.15) is 4.98 Å². The molecular weight excluding hydrogens is 218 g/mol. The molecule has 0 bridgehead atoms. The molecular formula is C8H8ClN5O. The Bertz CT molecular complexity index is 401. The van der Waals surface area contributed by atoms with Crippen molar-refractivity contribution in [1.82, 2.24) is 20.1 Å². The fraction of sp³-hybridized carbons (Fsp3) is 0.250. The van der Waals surface area contributed by atoms with E-state index in [1.165, 1.54) is 18.8 Å². The molecule has 0 unspecified atom stereocenters. The van der Waals surface area contributed by atoms with Gasteiger partial charge >= 0.3 is 0 Å². The zero-order valence-electron chi connectivity index (χ0n) is 7.72. The van der Waals surface area contributed by atoms with Gasteiger partial charge in [-0.15, -0.1) is 0 Å². The number of nitrogens with zero attached hydrogens (tertiary/aromatic N) is 4. The zero-order valence-corrected chi connectivity index (χ0v) is 8.48. The van der Waals surface area contributed by atoms with E-state index in [1.807, 2.05) is 0 Å². The third-order valence-electron chi connectivity index (χ3n) is 1.66. The fourth-order valence-electron chi connectivity index (χ4n) is 0.992. The molecule has 0 aliphatic heterocycles. The third-order valence-corrected chi connectivity index (χ3v) is 1.85. The molecule has 0 spiro atoms. The van der Waals surface area contributed by atoms with E-state index in [4.69, 9.17) is 11.6 Å². The van der Waals surface area contributed by atoms with Crippen LogP contribution >= 0.6 is 11.6 Å². The first kappa shape index (κ1) is 9.85. The SMILES string of the molecule is Clc1cnc(NCCc2ncon2)nc1. The van der Waals surface area contributed by atoms with E-state index in [2.05, 4.69) is 29.9 Å². The van der Waals surface area contributed by atoms with Crippen LogP contribution in [0.2, 0.25) is 5.02 Å². The maximum atomic E-state index is 5.64. The highest BCUT2D eigenvalue weighted by molar-refractivity contribution is 6.30. The molecule has 15 heavy (non-hydrogen) atoms. The van der Waals surface area contributed by atoms with Crippen LogP contribution in [0.4, 0.5) is 5.95 Å². The number of halogens is 1. The lowest BCUT2D eigenvalue weighted by molar-refractivity contribution is 0.410. The topological polar surface area (TPSA) is 76.7 Å². The molecule has 78 valence electrons. The standard InChI is InChI=1S/C8H8ClN5O/c9-6-3-11-8(12-4-6)10-2-1-7-13-5-15-14-7/h3-5H,1-2H2,(H,10,11,12). The highest BCUT2D eigenvalue weighted by atomic mass is 35.5. The largest absolute Gasteiger partial charge is 0.354 e. The van der Waals surface area contributed by atoms with Crippen LogP contribution < -0.4 is 5.32 Å². The van der Waals surface area contributed by atoms with Crippen molar-refractivity contribution in [1.29, 1.82) is 0 Å². The van der Waals surface area contributed by atoms with Crippen LogP contribution in [0.25, 0.3) is 0 Å². The molecule has 2 aromatic heterocycles. The number of aromatic nitrogens is 4. The van der Waals surface area contributed by atoms with E-state index < -0.39 is 0 Å². The predicted molar refractivity (Wildman–Crippen MR) is 53.5 cm³/mol. The number of nitrogens with one attached hydrogen (secondary N) is 1. The van der Waals surface area contributed by atoms with Gasteiger partial charge in [0.1, 0.15) is 0 Å². The molecule has 2 aromatic rings. The Morgan fingerprint density at radius 3 is 2.73 bits per heavy atom. The first-order chi connectivity index (χ1) is 7.34. The number of hydrogen-bond donors (Lipinski definition) is 1. The number of anilines is 1. The van der Waals surface area contributed by atoms with Crippen LogP contribution in [-0.2, 0) is 6.42 Å². The Balaban J connectivity index is 1.81. The molecule has 2 heterocycles. The van der Waals surface area contributed by atoms with Gasteiger partial charge in [0.2, 0.25) is 12.3 Å². The summed E-state index contributed by atoms with van der Waals surface area (Å²) in [6.07, 6.45) is 5.02. The van der Waals surface area contributed by atoms with Crippen LogP contribution in [0.1, 0.15) is 5.82 Å². The second-order valence-corrected chi connectivity index (χ2v) is 3.19. The van der Waals surface area contributed by atoms with Crippen molar-refractivity contribution in [2.45, 2.75) is 6.42 Å². The molecule has 0 atom stereocenters. The monoisotopic (exact) mass is 225 g/mol. The Labute approximate surface area is 90.7 Å². The lowest BCUT2D eigenvalue weighted by atomic mass is 10.4. The van der Waals surface area contributed by atoms with Crippen molar-refractivity contribution < 1.29 is 4.52 Å². The van der Waals surface area contributed by atoms with Gasteiger partial charge in [0.15, 0.2) is 5.82 Å². The van der Waals surface area contributed by atoms with E-state index in [9.17, 15) is 0 Å². The van der Waals surface area contributed by atoms with Gasteiger partial charge in [-0.3, -0.25) is 0 Å². The number of rotatable bonds is 4. The average Bonchev–Trinajstić information content (AvgIpc) is 2.74. The van der Waals surface area contributed by atoms with Gasteiger partial charge < -0.3 is 9.84 Å². The highest BCUT2D eigenvalue weighted by Crippen LogP contribution is 2.05. The van der Waals surface area contributed by atoms with Crippen molar-refractivity contribution >= 4 is 17.5 Å². The van der Waals surface area contributed by atoms with Crippen molar-refractivity contribution in [2.75, 3.05) is 11.9 Å². The molecule has 0 saturated heterocycles. The van der Waals surface area contributed by atoms with Gasteiger partial charge in [0.25, 0.3) is 0 Å². The van der Waals surface area contributed by atoms with Gasteiger partial charge in [0, 0.05) is 13.0 Å². The smallest absolute Gasteiger partial charge is 0.222 e. The van der Waals surface area contributed by atoms with Gasteiger partial charge in [0.05, 0.1) is 17.4 Å².